The summed E-state index contributed by atoms with van der Waals surface area (Å²) in [4.78, 5) is 11.4. The lowest BCUT2D eigenvalue weighted by atomic mass is 9.98. The van der Waals surface area contributed by atoms with Crippen LogP contribution in [0.15, 0.2) is 24.3 Å². The molecule has 0 aliphatic carbocycles. The Kier molecular flexibility index (Phi) is 3.73. The first-order chi connectivity index (χ1) is 9.58. The molecule has 6 heteroatoms. The van der Waals surface area contributed by atoms with Crippen molar-refractivity contribution in [1.82, 2.24) is 5.32 Å². The minimum Gasteiger partial charge on any atom is -0.326 e. The SMILES string of the molecule is CNC(c1ccc2c(c1)CC(=O)N2)c1cc(Cl)sc1Cl. The first kappa shape index (κ1) is 13.9. The van der Waals surface area contributed by atoms with Gasteiger partial charge in [-0.15, -0.1) is 11.3 Å². The molecule has 20 heavy (non-hydrogen) atoms. The minimum absolute atomic E-state index is 0.0350. The van der Waals surface area contributed by atoms with Crippen LogP contribution >= 0.6 is 34.5 Å². The third-order valence-corrected chi connectivity index (χ3v) is 4.89. The van der Waals surface area contributed by atoms with E-state index in [-0.39, 0.29) is 11.9 Å². The van der Waals surface area contributed by atoms with E-state index in [0.717, 1.165) is 22.4 Å². The van der Waals surface area contributed by atoms with E-state index in [1.807, 2.05) is 31.3 Å². The van der Waals surface area contributed by atoms with Crippen LogP contribution in [0.1, 0.15) is 22.7 Å². The Bertz CT molecular complexity index is 684. The minimum atomic E-state index is -0.0350. The topological polar surface area (TPSA) is 41.1 Å². The Hall–Kier alpha value is -1.07. The van der Waals surface area contributed by atoms with Crippen LogP contribution in [-0.2, 0) is 11.2 Å². The largest absolute Gasteiger partial charge is 0.326 e. The highest BCUT2D eigenvalue weighted by atomic mass is 35.5. The summed E-state index contributed by atoms with van der Waals surface area (Å²) in [5.41, 5.74) is 3.94. The van der Waals surface area contributed by atoms with Gasteiger partial charge in [0, 0.05) is 11.3 Å². The van der Waals surface area contributed by atoms with E-state index in [1.54, 1.807) is 0 Å². The number of halogens is 2. The molecule has 2 N–H and O–H groups in total. The Balaban J connectivity index is 2.00. The van der Waals surface area contributed by atoms with E-state index in [1.165, 1.54) is 11.3 Å². The van der Waals surface area contributed by atoms with Gasteiger partial charge in [-0.05, 0) is 30.3 Å². The number of anilines is 1. The van der Waals surface area contributed by atoms with E-state index in [9.17, 15) is 4.79 Å². The van der Waals surface area contributed by atoms with Crippen molar-refractivity contribution in [2.24, 2.45) is 0 Å². The van der Waals surface area contributed by atoms with E-state index in [0.29, 0.717) is 15.1 Å². The van der Waals surface area contributed by atoms with E-state index in [2.05, 4.69) is 10.6 Å². The van der Waals surface area contributed by atoms with E-state index < -0.39 is 0 Å². The maximum Gasteiger partial charge on any atom is 0.228 e. The number of amides is 1. The first-order valence-corrected chi connectivity index (χ1v) is 7.70. The predicted octanol–water partition coefficient (Wildman–Crippen LogP) is 3.86. The summed E-state index contributed by atoms with van der Waals surface area (Å²) in [5, 5.41) is 6.08. The van der Waals surface area contributed by atoms with Gasteiger partial charge in [-0.3, -0.25) is 4.79 Å². The summed E-state index contributed by atoms with van der Waals surface area (Å²) < 4.78 is 1.35. The molecule has 1 atom stereocenters. The fraction of sp³-hybridized carbons (Fsp3) is 0.214. The number of carbonyl (C=O) groups is 1. The highest BCUT2D eigenvalue weighted by Crippen LogP contribution is 2.38. The molecule has 0 bridgehead atoms. The number of thiophene rings is 1. The number of hydrogen-bond donors (Lipinski definition) is 2. The zero-order valence-electron chi connectivity index (χ0n) is 10.7. The number of rotatable bonds is 3. The van der Waals surface area contributed by atoms with Crippen LogP contribution < -0.4 is 10.6 Å². The molecular weight excluding hydrogens is 315 g/mol. The van der Waals surface area contributed by atoms with Crippen molar-refractivity contribution in [2.45, 2.75) is 12.5 Å². The fourth-order valence-corrected chi connectivity index (χ4v) is 4.01. The Morgan fingerprint density at radius 1 is 1.35 bits per heavy atom. The van der Waals surface area contributed by atoms with Crippen LogP contribution in [0.2, 0.25) is 8.67 Å². The lowest BCUT2D eigenvalue weighted by Crippen LogP contribution is -2.17. The summed E-state index contributed by atoms with van der Waals surface area (Å²) in [6.45, 7) is 0. The van der Waals surface area contributed by atoms with Crippen LogP contribution in [0, 0.1) is 0 Å². The summed E-state index contributed by atoms with van der Waals surface area (Å²) in [6, 6.07) is 7.81. The lowest BCUT2D eigenvalue weighted by Gasteiger charge is -2.17. The maximum atomic E-state index is 11.4. The molecule has 1 aromatic heterocycles. The van der Waals surface area contributed by atoms with Crippen LogP contribution in [0.4, 0.5) is 5.69 Å². The average molecular weight is 327 g/mol. The van der Waals surface area contributed by atoms with Crippen molar-refractivity contribution in [1.29, 1.82) is 0 Å². The number of fused-ring (bicyclic) bond motifs is 1. The first-order valence-electron chi connectivity index (χ1n) is 6.13. The van der Waals surface area contributed by atoms with Crippen molar-refractivity contribution in [3.63, 3.8) is 0 Å². The third-order valence-electron chi connectivity index (χ3n) is 3.37. The van der Waals surface area contributed by atoms with Gasteiger partial charge >= 0.3 is 0 Å². The van der Waals surface area contributed by atoms with Gasteiger partial charge in [-0.2, -0.15) is 0 Å². The predicted molar refractivity (Wildman–Crippen MR) is 84.0 cm³/mol. The molecule has 1 amide bonds. The average Bonchev–Trinajstić information content (AvgIpc) is 2.92. The highest BCUT2D eigenvalue weighted by Gasteiger charge is 2.22. The molecule has 104 valence electrons. The smallest absolute Gasteiger partial charge is 0.228 e. The second kappa shape index (κ2) is 5.37. The van der Waals surface area contributed by atoms with E-state index >= 15 is 0 Å². The van der Waals surface area contributed by atoms with Gasteiger partial charge < -0.3 is 10.6 Å². The summed E-state index contributed by atoms with van der Waals surface area (Å²) in [5.74, 6) is 0.0368. The molecule has 0 spiro atoms. The second-order valence-corrected chi connectivity index (χ2v) is 6.93. The maximum absolute atomic E-state index is 11.4. The van der Waals surface area contributed by atoms with Gasteiger partial charge in [-0.25, -0.2) is 0 Å². The molecule has 0 saturated heterocycles. The fourth-order valence-electron chi connectivity index (χ4n) is 2.48. The number of carbonyl (C=O) groups excluding carboxylic acids is 1. The van der Waals surface area contributed by atoms with Gasteiger partial charge in [-0.1, -0.05) is 35.3 Å². The molecule has 1 aromatic carbocycles. The van der Waals surface area contributed by atoms with Crippen molar-refractivity contribution in [3.8, 4) is 0 Å². The molecule has 1 unspecified atom stereocenters. The molecule has 0 fully saturated rings. The summed E-state index contributed by atoms with van der Waals surface area (Å²) >= 11 is 13.6. The molecule has 2 heterocycles. The second-order valence-electron chi connectivity index (χ2n) is 4.64. The molecule has 3 nitrogen and oxygen atoms in total. The zero-order valence-corrected chi connectivity index (χ0v) is 13.0. The van der Waals surface area contributed by atoms with Crippen LogP contribution in [0.25, 0.3) is 0 Å². The van der Waals surface area contributed by atoms with Crippen molar-refractivity contribution in [2.75, 3.05) is 12.4 Å². The Morgan fingerprint density at radius 3 is 2.80 bits per heavy atom. The lowest BCUT2D eigenvalue weighted by molar-refractivity contribution is -0.115. The summed E-state index contributed by atoms with van der Waals surface area (Å²) in [7, 11) is 1.88. The molecule has 1 aliphatic heterocycles. The Morgan fingerprint density at radius 2 is 2.15 bits per heavy atom. The molecule has 0 saturated carbocycles. The quantitative estimate of drug-likeness (QED) is 0.899. The highest BCUT2D eigenvalue weighted by molar-refractivity contribution is 7.20. The summed E-state index contributed by atoms with van der Waals surface area (Å²) in [6.07, 6.45) is 0.428. The number of nitrogens with one attached hydrogen (secondary N) is 2. The van der Waals surface area contributed by atoms with Crippen LogP contribution in [-0.4, -0.2) is 13.0 Å². The number of hydrogen-bond acceptors (Lipinski definition) is 3. The molecule has 3 rings (SSSR count). The normalized spacial score (nSPS) is 15.1. The van der Waals surface area contributed by atoms with Gasteiger partial charge in [0.1, 0.15) is 0 Å². The standard InChI is InChI=1S/C14H12Cl2N2OS/c1-17-13(9-6-11(15)20-14(9)16)7-2-3-10-8(4-7)5-12(19)18-10/h2-4,6,13,17H,5H2,1H3,(H,18,19). The van der Waals surface area contributed by atoms with Crippen molar-refractivity contribution < 1.29 is 4.79 Å². The van der Waals surface area contributed by atoms with Crippen LogP contribution in [0.5, 0.6) is 0 Å². The van der Waals surface area contributed by atoms with Gasteiger partial charge in [0.05, 0.1) is 21.1 Å². The molecular formula is C14H12Cl2N2OS. The Labute approximate surface area is 130 Å². The third kappa shape index (κ3) is 2.44. The molecule has 0 radical (unpaired) electrons. The molecule has 1 aliphatic rings. The van der Waals surface area contributed by atoms with Gasteiger partial charge in [0.25, 0.3) is 0 Å². The molecule has 2 aromatic rings. The van der Waals surface area contributed by atoms with Crippen molar-refractivity contribution in [3.05, 3.63) is 49.6 Å². The van der Waals surface area contributed by atoms with E-state index in [4.69, 9.17) is 23.2 Å². The zero-order chi connectivity index (χ0) is 14.3. The number of benzene rings is 1. The monoisotopic (exact) mass is 326 g/mol. The van der Waals surface area contributed by atoms with Crippen molar-refractivity contribution >= 4 is 46.1 Å². The van der Waals surface area contributed by atoms with Gasteiger partial charge in [0.2, 0.25) is 5.91 Å². The van der Waals surface area contributed by atoms with Gasteiger partial charge in [0.15, 0.2) is 0 Å². The van der Waals surface area contributed by atoms with Crippen LogP contribution in [0.3, 0.4) is 0 Å².